The fourth-order valence-electron chi connectivity index (χ4n) is 3.25. The lowest BCUT2D eigenvalue weighted by Gasteiger charge is -2.28. The van der Waals surface area contributed by atoms with E-state index in [0.29, 0.717) is 12.8 Å². The first-order valence-corrected chi connectivity index (χ1v) is 8.86. The molecule has 0 spiro atoms. The standard InChI is InChI=1S/C20H17F5N2O2/c1-27-7-5-10(6-8-27)19(28)11-3-2-4-12(9-11)26-20(29)13-14(21)16(23)18(25)17(24)15(13)22/h2-4,9-10H,5-8H2,1H3,(H,26,29). The molecule has 1 amide bonds. The summed E-state index contributed by atoms with van der Waals surface area (Å²) in [6, 6.07) is 5.64. The molecule has 0 saturated carbocycles. The number of carbonyl (C=O) groups is 2. The summed E-state index contributed by atoms with van der Waals surface area (Å²) < 4.78 is 67.4. The fraction of sp³-hybridized carbons (Fsp3) is 0.300. The van der Waals surface area contributed by atoms with Crippen LogP contribution in [-0.2, 0) is 0 Å². The van der Waals surface area contributed by atoms with E-state index >= 15 is 0 Å². The van der Waals surface area contributed by atoms with Crippen LogP contribution in [0.2, 0.25) is 0 Å². The van der Waals surface area contributed by atoms with Crippen molar-refractivity contribution in [3.63, 3.8) is 0 Å². The minimum Gasteiger partial charge on any atom is -0.322 e. The van der Waals surface area contributed by atoms with Crippen LogP contribution in [0.1, 0.15) is 33.6 Å². The molecule has 2 aromatic carbocycles. The summed E-state index contributed by atoms with van der Waals surface area (Å²) in [5.74, 6) is -13.0. The van der Waals surface area contributed by atoms with Crippen molar-refractivity contribution in [3.8, 4) is 0 Å². The van der Waals surface area contributed by atoms with Crippen LogP contribution in [0.25, 0.3) is 0 Å². The van der Waals surface area contributed by atoms with E-state index in [1.54, 1.807) is 0 Å². The molecule has 0 atom stereocenters. The molecule has 0 aromatic heterocycles. The van der Waals surface area contributed by atoms with E-state index in [-0.39, 0.29) is 23.0 Å². The van der Waals surface area contributed by atoms with Gasteiger partial charge in [0.2, 0.25) is 5.82 Å². The van der Waals surface area contributed by atoms with Gasteiger partial charge in [-0.15, -0.1) is 0 Å². The molecule has 154 valence electrons. The molecule has 0 bridgehead atoms. The lowest BCUT2D eigenvalue weighted by Crippen LogP contribution is -2.33. The Hall–Kier alpha value is -2.81. The lowest BCUT2D eigenvalue weighted by atomic mass is 9.89. The third-order valence-corrected chi connectivity index (χ3v) is 4.93. The second-order valence-corrected chi connectivity index (χ2v) is 6.92. The molecule has 1 aliphatic rings. The molecule has 1 fully saturated rings. The van der Waals surface area contributed by atoms with E-state index in [2.05, 4.69) is 10.2 Å². The topological polar surface area (TPSA) is 49.4 Å². The third-order valence-electron chi connectivity index (χ3n) is 4.93. The van der Waals surface area contributed by atoms with Crippen LogP contribution in [0, 0.1) is 35.0 Å². The SMILES string of the molecule is CN1CCC(C(=O)c2cccc(NC(=O)c3c(F)c(F)c(F)c(F)c3F)c2)CC1. The Kier molecular flexibility index (Phi) is 5.97. The van der Waals surface area contributed by atoms with Crippen molar-refractivity contribution in [2.45, 2.75) is 12.8 Å². The van der Waals surface area contributed by atoms with Crippen LogP contribution < -0.4 is 5.32 Å². The van der Waals surface area contributed by atoms with E-state index in [1.165, 1.54) is 24.3 Å². The first-order chi connectivity index (χ1) is 13.7. The molecule has 3 rings (SSSR count). The van der Waals surface area contributed by atoms with Crippen molar-refractivity contribution in [1.82, 2.24) is 4.90 Å². The number of likely N-dealkylation sites (tertiary alicyclic amines) is 1. The maximum absolute atomic E-state index is 13.8. The molecule has 9 heteroatoms. The summed E-state index contributed by atoms with van der Waals surface area (Å²) in [6.07, 6.45) is 1.35. The van der Waals surface area contributed by atoms with Gasteiger partial charge < -0.3 is 10.2 Å². The van der Waals surface area contributed by atoms with Gasteiger partial charge in [-0.25, -0.2) is 22.0 Å². The van der Waals surface area contributed by atoms with Gasteiger partial charge in [-0.2, -0.15) is 0 Å². The molecule has 2 aromatic rings. The van der Waals surface area contributed by atoms with Gasteiger partial charge in [0, 0.05) is 17.2 Å². The van der Waals surface area contributed by atoms with Crippen molar-refractivity contribution in [3.05, 3.63) is 64.5 Å². The van der Waals surface area contributed by atoms with Crippen LogP contribution in [0.5, 0.6) is 0 Å². The van der Waals surface area contributed by atoms with Crippen molar-refractivity contribution >= 4 is 17.4 Å². The number of piperidine rings is 1. The summed E-state index contributed by atoms with van der Waals surface area (Å²) in [4.78, 5) is 26.9. The largest absolute Gasteiger partial charge is 0.322 e. The first-order valence-electron chi connectivity index (χ1n) is 8.86. The number of halogens is 5. The number of nitrogens with zero attached hydrogens (tertiary/aromatic N) is 1. The monoisotopic (exact) mass is 412 g/mol. The number of amides is 1. The maximum Gasteiger partial charge on any atom is 0.261 e. The Morgan fingerprint density at radius 1 is 0.931 bits per heavy atom. The van der Waals surface area contributed by atoms with Gasteiger partial charge >= 0.3 is 0 Å². The van der Waals surface area contributed by atoms with Crippen molar-refractivity contribution in [1.29, 1.82) is 0 Å². The molecule has 0 unspecified atom stereocenters. The minimum atomic E-state index is -2.35. The summed E-state index contributed by atoms with van der Waals surface area (Å²) >= 11 is 0. The van der Waals surface area contributed by atoms with Gasteiger partial charge in [0.15, 0.2) is 29.1 Å². The average Bonchev–Trinajstić information content (AvgIpc) is 2.71. The van der Waals surface area contributed by atoms with E-state index < -0.39 is 40.6 Å². The van der Waals surface area contributed by atoms with Crippen LogP contribution in [-0.4, -0.2) is 36.7 Å². The van der Waals surface area contributed by atoms with Crippen molar-refractivity contribution < 1.29 is 31.5 Å². The quantitative estimate of drug-likeness (QED) is 0.355. The molecule has 1 N–H and O–H groups in total. The van der Waals surface area contributed by atoms with Gasteiger partial charge in [0.05, 0.1) is 0 Å². The highest BCUT2D eigenvalue weighted by Crippen LogP contribution is 2.25. The number of anilines is 1. The minimum absolute atomic E-state index is 0.00211. The predicted octanol–water partition coefficient (Wildman–Crippen LogP) is 4.16. The summed E-state index contributed by atoms with van der Waals surface area (Å²) in [6.45, 7) is 1.54. The zero-order chi connectivity index (χ0) is 21.3. The molecule has 1 saturated heterocycles. The Morgan fingerprint density at radius 2 is 1.48 bits per heavy atom. The highest BCUT2D eigenvalue weighted by atomic mass is 19.2. The number of rotatable bonds is 4. The van der Waals surface area contributed by atoms with Gasteiger partial charge in [-0.3, -0.25) is 9.59 Å². The van der Waals surface area contributed by atoms with E-state index in [4.69, 9.17) is 0 Å². The maximum atomic E-state index is 13.8. The Morgan fingerprint density at radius 3 is 2.07 bits per heavy atom. The Bertz CT molecular complexity index is 943. The van der Waals surface area contributed by atoms with Crippen LogP contribution >= 0.6 is 0 Å². The van der Waals surface area contributed by atoms with Crippen LogP contribution in [0.3, 0.4) is 0 Å². The molecule has 0 radical (unpaired) electrons. The summed E-state index contributed by atoms with van der Waals surface area (Å²) in [5, 5.41) is 2.08. The Labute approximate surface area is 163 Å². The molecule has 29 heavy (non-hydrogen) atoms. The number of ketones is 1. The molecule has 1 heterocycles. The number of nitrogens with one attached hydrogen (secondary N) is 1. The molecular formula is C20H17F5N2O2. The van der Waals surface area contributed by atoms with Crippen molar-refractivity contribution in [2.24, 2.45) is 5.92 Å². The average molecular weight is 412 g/mol. The highest BCUT2D eigenvalue weighted by molar-refractivity contribution is 6.06. The van der Waals surface area contributed by atoms with Gasteiger partial charge in [-0.05, 0) is 45.1 Å². The van der Waals surface area contributed by atoms with Gasteiger partial charge in [0.1, 0.15) is 5.56 Å². The third kappa shape index (κ3) is 4.14. The van der Waals surface area contributed by atoms with E-state index in [0.717, 1.165) is 13.1 Å². The van der Waals surface area contributed by atoms with Crippen molar-refractivity contribution in [2.75, 3.05) is 25.5 Å². The first kappa shape index (κ1) is 20.9. The molecule has 1 aliphatic heterocycles. The zero-order valence-electron chi connectivity index (χ0n) is 15.4. The second-order valence-electron chi connectivity index (χ2n) is 6.92. The smallest absolute Gasteiger partial charge is 0.261 e. The van der Waals surface area contributed by atoms with Gasteiger partial charge in [-0.1, -0.05) is 12.1 Å². The second kappa shape index (κ2) is 8.28. The molecular weight excluding hydrogens is 395 g/mol. The van der Waals surface area contributed by atoms with E-state index in [1.807, 2.05) is 7.05 Å². The Balaban J connectivity index is 1.82. The van der Waals surface area contributed by atoms with Crippen LogP contribution in [0.15, 0.2) is 24.3 Å². The normalized spacial score (nSPS) is 15.4. The molecule has 0 aliphatic carbocycles. The predicted molar refractivity (Wildman–Crippen MR) is 95.2 cm³/mol. The zero-order valence-corrected chi connectivity index (χ0v) is 15.4. The number of hydrogen-bond donors (Lipinski definition) is 1. The lowest BCUT2D eigenvalue weighted by molar-refractivity contribution is 0.0856. The summed E-state index contributed by atoms with van der Waals surface area (Å²) in [7, 11) is 1.95. The number of benzene rings is 2. The van der Waals surface area contributed by atoms with E-state index in [9.17, 15) is 31.5 Å². The number of carbonyl (C=O) groups excluding carboxylic acids is 2. The molecule has 4 nitrogen and oxygen atoms in total. The number of Topliss-reactive ketones (excluding diaryl/α,β-unsaturated/α-hetero) is 1. The van der Waals surface area contributed by atoms with Crippen LogP contribution in [0.4, 0.5) is 27.6 Å². The highest BCUT2D eigenvalue weighted by Gasteiger charge is 2.30. The summed E-state index contributed by atoms with van der Waals surface area (Å²) in [5.41, 5.74) is -1.30. The fourth-order valence-corrected chi connectivity index (χ4v) is 3.25. The number of hydrogen-bond acceptors (Lipinski definition) is 3. The van der Waals surface area contributed by atoms with Gasteiger partial charge in [0.25, 0.3) is 5.91 Å².